The maximum Gasteiger partial charge on any atom is 0.156 e. The first-order valence-corrected chi connectivity index (χ1v) is 6.45. The van der Waals surface area contributed by atoms with E-state index >= 15 is 0 Å². The molecule has 1 heterocycles. The summed E-state index contributed by atoms with van der Waals surface area (Å²) in [6, 6.07) is 8.15. The summed E-state index contributed by atoms with van der Waals surface area (Å²) in [5, 5.41) is 3.39. The molecule has 0 amide bonds. The summed E-state index contributed by atoms with van der Waals surface area (Å²) in [4.78, 5) is 12.4. The molecule has 0 aliphatic carbocycles. The molecule has 0 saturated carbocycles. The van der Waals surface area contributed by atoms with Crippen molar-refractivity contribution < 1.29 is 4.79 Å². The highest BCUT2D eigenvalue weighted by Crippen LogP contribution is 2.22. The molecule has 1 aliphatic rings. The second-order valence-electron chi connectivity index (χ2n) is 5.24. The van der Waals surface area contributed by atoms with E-state index in [0.717, 1.165) is 24.9 Å². The third-order valence-corrected chi connectivity index (χ3v) is 3.85. The third-order valence-electron chi connectivity index (χ3n) is 3.85. The van der Waals surface area contributed by atoms with Crippen molar-refractivity contribution in [1.82, 2.24) is 5.32 Å². The fourth-order valence-electron chi connectivity index (χ4n) is 2.47. The van der Waals surface area contributed by atoms with Crippen LogP contribution in [0.25, 0.3) is 0 Å². The minimum absolute atomic E-state index is 0.305. The smallest absolute Gasteiger partial charge is 0.156 e. The summed E-state index contributed by atoms with van der Waals surface area (Å²) in [5.41, 5.74) is 2.06. The van der Waals surface area contributed by atoms with Crippen molar-refractivity contribution in [2.75, 3.05) is 6.54 Å². The minimum atomic E-state index is -0.305. The molecule has 2 rings (SSSR count). The molecular formula is C15H21NO. The molecular weight excluding hydrogens is 210 g/mol. The number of hydrogen-bond donors (Lipinski definition) is 1. The topological polar surface area (TPSA) is 29.1 Å². The first kappa shape index (κ1) is 12.3. The van der Waals surface area contributed by atoms with Crippen molar-refractivity contribution in [2.24, 2.45) is 0 Å². The maximum atomic E-state index is 12.4. The van der Waals surface area contributed by atoms with Crippen LogP contribution in [0.2, 0.25) is 0 Å². The number of ketones is 1. The van der Waals surface area contributed by atoms with Crippen molar-refractivity contribution in [3.8, 4) is 0 Å². The van der Waals surface area contributed by atoms with Crippen LogP contribution in [0, 0.1) is 6.92 Å². The third kappa shape index (κ3) is 2.75. The lowest BCUT2D eigenvalue weighted by molar-refractivity contribution is -0.125. The number of benzene rings is 1. The van der Waals surface area contributed by atoms with E-state index in [0.29, 0.717) is 12.2 Å². The van der Waals surface area contributed by atoms with Crippen molar-refractivity contribution in [1.29, 1.82) is 0 Å². The van der Waals surface area contributed by atoms with Gasteiger partial charge >= 0.3 is 0 Å². The van der Waals surface area contributed by atoms with Crippen molar-refractivity contribution >= 4 is 5.78 Å². The first-order valence-electron chi connectivity index (χ1n) is 6.45. The number of hydrogen-bond acceptors (Lipinski definition) is 2. The van der Waals surface area contributed by atoms with Crippen LogP contribution < -0.4 is 5.32 Å². The Morgan fingerprint density at radius 1 is 1.35 bits per heavy atom. The zero-order valence-electron chi connectivity index (χ0n) is 10.8. The van der Waals surface area contributed by atoms with Gasteiger partial charge in [-0.3, -0.25) is 4.79 Å². The van der Waals surface area contributed by atoms with Crippen LogP contribution in [-0.2, 0) is 11.2 Å². The van der Waals surface area contributed by atoms with Gasteiger partial charge < -0.3 is 5.32 Å². The SMILES string of the molecule is Cc1ccccc1CC(=O)C1(C)CCCCN1. The number of nitrogens with one attached hydrogen (secondary N) is 1. The van der Waals surface area contributed by atoms with E-state index in [2.05, 4.69) is 24.4 Å². The summed E-state index contributed by atoms with van der Waals surface area (Å²) in [6.07, 6.45) is 3.87. The molecule has 92 valence electrons. The van der Waals surface area contributed by atoms with Gasteiger partial charge in [0.25, 0.3) is 0 Å². The lowest BCUT2D eigenvalue weighted by Crippen LogP contribution is -2.52. The van der Waals surface area contributed by atoms with E-state index in [9.17, 15) is 4.79 Å². The van der Waals surface area contributed by atoms with E-state index < -0.39 is 0 Å². The molecule has 2 nitrogen and oxygen atoms in total. The predicted octanol–water partition coefficient (Wildman–Crippen LogP) is 2.64. The van der Waals surface area contributed by atoms with Crippen LogP contribution in [0.4, 0.5) is 0 Å². The van der Waals surface area contributed by atoms with E-state index in [1.807, 2.05) is 19.1 Å². The van der Waals surface area contributed by atoms with Crippen LogP contribution in [0.15, 0.2) is 24.3 Å². The van der Waals surface area contributed by atoms with Crippen LogP contribution >= 0.6 is 0 Å². The Kier molecular flexibility index (Phi) is 3.63. The van der Waals surface area contributed by atoms with Gasteiger partial charge in [0.15, 0.2) is 5.78 Å². The molecule has 1 atom stereocenters. The summed E-state index contributed by atoms with van der Waals surface area (Å²) in [7, 11) is 0. The van der Waals surface area contributed by atoms with Crippen LogP contribution in [-0.4, -0.2) is 17.9 Å². The molecule has 1 aromatic rings. The molecule has 0 bridgehead atoms. The second-order valence-corrected chi connectivity index (χ2v) is 5.24. The quantitative estimate of drug-likeness (QED) is 0.866. The first-order chi connectivity index (χ1) is 8.12. The zero-order chi connectivity index (χ0) is 12.3. The second kappa shape index (κ2) is 5.01. The molecule has 17 heavy (non-hydrogen) atoms. The van der Waals surface area contributed by atoms with Gasteiger partial charge in [0, 0.05) is 6.42 Å². The average Bonchev–Trinajstić information content (AvgIpc) is 2.33. The number of piperidine rings is 1. The van der Waals surface area contributed by atoms with Gasteiger partial charge in [-0.25, -0.2) is 0 Å². The number of carbonyl (C=O) groups excluding carboxylic acids is 1. The minimum Gasteiger partial charge on any atom is -0.305 e. The van der Waals surface area contributed by atoms with Crippen molar-refractivity contribution in [3.63, 3.8) is 0 Å². The molecule has 0 spiro atoms. The lowest BCUT2D eigenvalue weighted by Gasteiger charge is -2.33. The Bertz CT molecular complexity index is 405. The number of carbonyl (C=O) groups is 1. The Labute approximate surface area is 103 Å². The van der Waals surface area contributed by atoms with Crippen molar-refractivity contribution in [3.05, 3.63) is 35.4 Å². The van der Waals surface area contributed by atoms with Crippen molar-refractivity contribution in [2.45, 2.75) is 45.1 Å². The lowest BCUT2D eigenvalue weighted by atomic mass is 9.84. The molecule has 1 unspecified atom stereocenters. The van der Waals surface area contributed by atoms with E-state index in [4.69, 9.17) is 0 Å². The molecule has 1 N–H and O–H groups in total. The van der Waals surface area contributed by atoms with Gasteiger partial charge in [0.2, 0.25) is 0 Å². The Morgan fingerprint density at radius 3 is 2.76 bits per heavy atom. The Morgan fingerprint density at radius 2 is 2.12 bits per heavy atom. The van der Waals surface area contributed by atoms with Crippen LogP contribution in [0.3, 0.4) is 0 Å². The molecule has 2 heteroatoms. The molecule has 1 fully saturated rings. The Balaban J connectivity index is 2.08. The fraction of sp³-hybridized carbons (Fsp3) is 0.533. The standard InChI is InChI=1S/C15H21NO/c1-12-7-3-4-8-13(12)11-14(17)15(2)9-5-6-10-16-15/h3-4,7-8,16H,5-6,9-11H2,1-2H3. The van der Waals surface area contributed by atoms with Gasteiger partial charge in [-0.2, -0.15) is 0 Å². The molecule has 1 aromatic carbocycles. The van der Waals surface area contributed by atoms with Crippen LogP contribution in [0.5, 0.6) is 0 Å². The summed E-state index contributed by atoms with van der Waals surface area (Å²) in [5.74, 6) is 0.325. The monoisotopic (exact) mass is 231 g/mol. The molecule has 1 aliphatic heterocycles. The molecule has 0 radical (unpaired) electrons. The zero-order valence-corrected chi connectivity index (χ0v) is 10.8. The highest BCUT2D eigenvalue weighted by Gasteiger charge is 2.33. The molecule has 1 saturated heterocycles. The van der Waals surface area contributed by atoms with Crippen LogP contribution in [0.1, 0.15) is 37.3 Å². The van der Waals surface area contributed by atoms with Gasteiger partial charge in [-0.15, -0.1) is 0 Å². The van der Waals surface area contributed by atoms with Gasteiger partial charge in [0.05, 0.1) is 5.54 Å². The maximum absolute atomic E-state index is 12.4. The largest absolute Gasteiger partial charge is 0.305 e. The van der Waals surface area contributed by atoms with Gasteiger partial charge in [-0.05, 0) is 50.8 Å². The van der Waals surface area contributed by atoms with E-state index in [1.165, 1.54) is 12.0 Å². The predicted molar refractivity (Wildman–Crippen MR) is 70.1 cm³/mol. The molecule has 0 aromatic heterocycles. The Hall–Kier alpha value is -1.15. The highest BCUT2D eigenvalue weighted by molar-refractivity contribution is 5.90. The summed E-state index contributed by atoms with van der Waals surface area (Å²) < 4.78 is 0. The normalized spacial score (nSPS) is 24.6. The van der Waals surface area contributed by atoms with E-state index in [1.54, 1.807) is 0 Å². The summed E-state index contributed by atoms with van der Waals surface area (Å²) in [6.45, 7) is 5.09. The number of Topliss-reactive ketones (excluding diaryl/α,β-unsaturated/α-hetero) is 1. The van der Waals surface area contributed by atoms with E-state index in [-0.39, 0.29) is 5.54 Å². The summed E-state index contributed by atoms with van der Waals surface area (Å²) >= 11 is 0. The fourth-order valence-corrected chi connectivity index (χ4v) is 2.47. The highest BCUT2D eigenvalue weighted by atomic mass is 16.1. The number of rotatable bonds is 3. The van der Waals surface area contributed by atoms with Gasteiger partial charge in [-0.1, -0.05) is 24.3 Å². The number of aryl methyl sites for hydroxylation is 1. The van der Waals surface area contributed by atoms with Gasteiger partial charge in [0.1, 0.15) is 0 Å². The average molecular weight is 231 g/mol.